The summed E-state index contributed by atoms with van der Waals surface area (Å²) in [6.45, 7) is 5.71. The topological polar surface area (TPSA) is 46.9 Å². The Morgan fingerprint density at radius 2 is 2.05 bits per heavy atom. The Balaban J connectivity index is 2.04. The van der Waals surface area contributed by atoms with Gasteiger partial charge in [0.1, 0.15) is 5.82 Å². The van der Waals surface area contributed by atoms with Crippen molar-refractivity contribution >= 4 is 5.91 Å². The summed E-state index contributed by atoms with van der Waals surface area (Å²) in [5, 5.41) is 2.79. The minimum atomic E-state index is -0.141. The fourth-order valence-corrected chi connectivity index (χ4v) is 1.93. The normalized spacial score (nSPS) is 10.3. The zero-order valence-corrected chi connectivity index (χ0v) is 11.9. The molecule has 0 fully saturated rings. The maximum atomic E-state index is 11.5. The molecule has 1 N–H and O–H groups in total. The number of nitrogens with zero attached hydrogens (tertiary/aromatic N) is 2. The predicted octanol–water partition coefficient (Wildman–Crippen LogP) is 2.20. The molecule has 0 unspecified atom stereocenters. The van der Waals surface area contributed by atoms with Gasteiger partial charge in [-0.2, -0.15) is 0 Å². The van der Waals surface area contributed by atoms with Crippen LogP contribution in [-0.4, -0.2) is 15.5 Å². The van der Waals surface area contributed by atoms with Gasteiger partial charge in [-0.15, -0.1) is 0 Å². The summed E-state index contributed by atoms with van der Waals surface area (Å²) in [6, 6.07) is 10.2. The van der Waals surface area contributed by atoms with Crippen molar-refractivity contribution in [3.8, 4) is 0 Å². The van der Waals surface area contributed by atoms with Crippen molar-refractivity contribution in [2.45, 2.75) is 19.9 Å². The number of hydrogen-bond acceptors (Lipinski definition) is 2. The molecule has 4 heteroatoms. The quantitative estimate of drug-likeness (QED) is 0.846. The number of rotatable bonds is 5. The standard InChI is InChI=1S/C16H19N3O/c1-12(2)16(20)18-11-15-17-10-14(19(15)3)9-13-7-5-4-6-8-13/h4-8,10H,1,9,11H2,2-3H3,(H,18,20). The van der Waals surface area contributed by atoms with E-state index in [1.807, 2.05) is 36.0 Å². The molecule has 104 valence electrons. The molecule has 0 aliphatic heterocycles. The van der Waals surface area contributed by atoms with Gasteiger partial charge in [-0.3, -0.25) is 4.79 Å². The summed E-state index contributed by atoms with van der Waals surface area (Å²) in [7, 11) is 1.97. The third kappa shape index (κ3) is 3.35. The van der Waals surface area contributed by atoms with Crippen molar-refractivity contribution in [3.63, 3.8) is 0 Å². The molecule has 0 atom stereocenters. The number of carbonyl (C=O) groups excluding carboxylic acids is 1. The maximum Gasteiger partial charge on any atom is 0.246 e. The van der Waals surface area contributed by atoms with Crippen LogP contribution in [0.25, 0.3) is 0 Å². The monoisotopic (exact) mass is 269 g/mol. The molecule has 0 saturated heterocycles. The molecule has 1 amide bonds. The van der Waals surface area contributed by atoms with E-state index in [-0.39, 0.29) is 5.91 Å². The van der Waals surface area contributed by atoms with Crippen LogP contribution in [0, 0.1) is 0 Å². The van der Waals surface area contributed by atoms with E-state index in [9.17, 15) is 4.79 Å². The third-order valence-corrected chi connectivity index (χ3v) is 3.20. The zero-order valence-electron chi connectivity index (χ0n) is 11.9. The van der Waals surface area contributed by atoms with Crippen molar-refractivity contribution in [2.75, 3.05) is 0 Å². The lowest BCUT2D eigenvalue weighted by Crippen LogP contribution is -2.24. The van der Waals surface area contributed by atoms with E-state index >= 15 is 0 Å². The van der Waals surface area contributed by atoms with Crippen LogP contribution < -0.4 is 5.32 Å². The van der Waals surface area contributed by atoms with Crippen LogP contribution in [0.1, 0.15) is 24.0 Å². The largest absolute Gasteiger partial charge is 0.345 e. The van der Waals surface area contributed by atoms with Crippen LogP contribution in [0.3, 0.4) is 0 Å². The summed E-state index contributed by atoms with van der Waals surface area (Å²) >= 11 is 0. The molecule has 2 rings (SSSR count). The van der Waals surface area contributed by atoms with Crippen LogP contribution in [0.15, 0.2) is 48.7 Å². The predicted molar refractivity (Wildman–Crippen MR) is 79.1 cm³/mol. The second kappa shape index (κ2) is 6.19. The molecule has 4 nitrogen and oxygen atoms in total. The molecule has 1 aromatic carbocycles. The first-order chi connectivity index (χ1) is 9.58. The Bertz CT molecular complexity index is 614. The Morgan fingerprint density at radius 1 is 1.35 bits per heavy atom. The van der Waals surface area contributed by atoms with E-state index in [2.05, 4.69) is 29.0 Å². The molecular formula is C16H19N3O. The third-order valence-electron chi connectivity index (χ3n) is 3.20. The van der Waals surface area contributed by atoms with Crippen LogP contribution in [0.5, 0.6) is 0 Å². The molecular weight excluding hydrogens is 250 g/mol. The number of aromatic nitrogens is 2. The molecule has 0 spiro atoms. The number of nitrogens with one attached hydrogen (secondary N) is 1. The van der Waals surface area contributed by atoms with Crippen LogP contribution in [0.2, 0.25) is 0 Å². The summed E-state index contributed by atoms with van der Waals surface area (Å²) in [4.78, 5) is 15.8. The first-order valence-electron chi connectivity index (χ1n) is 6.55. The molecule has 1 heterocycles. The first kappa shape index (κ1) is 14.1. The Kier molecular flexibility index (Phi) is 4.35. The molecule has 1 aromatic heterocycles. The number of amides is 1. The summed E-state index contributed by atoms with van der Waals surface area (Å²) < 4.78 is 2.02. The molecule has 2 aromatic rings. The van der Waals surface area contributed by atoms with Gasteiger partial charge in [-0.1, -0.05) is 36.9 Å². The zero-order chi connectivity index (χ0) is 14.5. The molecule has 0 saturated carbocycles. The lowest BCUT2D eigenvalue weighted by atomic mass is 10.1. The summed E-state index contributed by atoms with van der Waals surface area (Å²) in [5.41, 5.74) is 2.87. The second-order valence-corrected chi connectivity index (χ2v) is 4.85. The number of carbonyl (C=O) groups is 1. The highest BCUT2D eigenvalue weighted by Crippen LogP contribution is 2.10. The summed E-state index contributed by atoms with van der Waals surface area (Å²) in [5.74, 6) is 0.697. The molecule has 0 radical (unpaired) electrons. The highest BCUT2D eigenvalue weighted by atomic mass is 16.1. The lowest BCUT2D eigenvalue weighted by molar-refractivity contribution is -0.117. The Labute approximate surface area is 119 Å². The van der Waals surface area contributed by atoms with Crippen LogP contribution in [-0.2, 0) is 24.8 Å². The van der Waals surface area contributed by atoms with Gasteiger partial charge in [-0.05, 0) is 12.5 Å². The van der Waals surface area contributed by atoms with E-state index in [0.29, 0.717) is 12.1 Å². The minimum Gasteiger partial charge on any atom is -0.345 e. The van der Waals surface area contributed by atoms with Gasteiger partial charge < -0.3 is 9.88 Å². The highest BCUT2D eigenvalue weighted by molar-refractivity contribution is 5.91. The highest BCUT2D eigenvalue weighted by Gasteiger charge is 2.08. The Hall–Kier alpha value is -2.36. The lowest BCUT2D eigenvalue weighted by Gasteiger charge is -2.07. The number of hydrogen-bond donors (Lipinski definition) is 1. The van der Waals surface area contributed by atoms with E-state index in [1.54, 1.807) is 6.92 Å². The van der Waals surface area contributed by atoms with Crippen molar-refractivity contribution in [1.29, 1.82) is 0 Å². The van der Waals surface area contributed by atoms with Gasteiger partial charge >= 0.3 is 0 Å². The van der Waals surface area contributed by atoms with Gasteiger partial charge in [0.25, 0.3) is 0 Å². The van der Waals surface area contributed by atoms with Gasteiger partial charge in [0.05, 0.1) is 6.54 Å². The van der Waals surface area contributed by atoms with Crippen molar-refractivity contribution < 1.29 is 4.79 Å². The number of imidazole rings is 1. The fraction of sp³-hybridized carbons (Fsp3) is 0.250. The summed E-state index contributed by atoms with van der Waals surface area (Å²) in [6.07, 6.45) is 2.69. The smallest absolute Gasteiger partial charge is 0.246 e. The first-order valence-corrected chi connectivity index (χ1v) is 6.55. The maximum absolute atomic E-state index is 11.5. The van der Waals surface area contributed by atoms with E-state index in [0.717, 1.165) is 17.9 Å². The van der Waals surface area contributed by atoms with Crippen molar-refractivity contribution in [2.24, 2.45) is 7.05 Å². The van der Waals surface area contributed by atoms with Gasteiger partial charge in [0, 0.05) is 30.9 Å². The van der Waals surface area contributed by atoms with Crippen LogP contribution in [0.4, 0.5) is 0 Å². The van der Waals surface area contributed by atoms with Gasteiger partial charge in [0.15, 0.2) is 0 Å². The van der Waals surface area contributed by atoms with E-state index < -0.39 is 0 Å². The molecule has 20 heavy (non-hydrogen) atoms. The average molecular weight is 269 g/mol. The number of benzene rings is 1. The molecule has 0 aliphatic rings. The van der Waals surface area contributed by atoms with Gasteiger partial charge in [-0.25, -0.2) is 4.98 Å². The molecule has 0 bridgehead atoms. The SMILES string of the molecule is C=C(C)C(=O)NCc1ncc(Cc2ccccc2)n1C. The van der Waals surface area contributed by atoms with Crippen molar-refractivity contribution in [3.05, 3.63) is 65.8 Å². The van der Waals surface area contributed by atoms with Crippen LogP contribution >= 0.6 is 0 Å². The second-order valence-electron chi connectivity index (χ2n) is 4.85. The van der Waals surface area contributed by atoms with Gasteiger partial charge in [0.2, 0.25) is 5.91 Å². The molecule has 0 aliphatic carbocycles. The van der Waals surface area contributed by atoms with Crippen molar-refractivity contribution in [1.82, 2.24) is 14.9 Å². The average Bonchev–Trinajstić information content (AvgIpc) is 2.78. The van der Waals surface area contributed by atoms with E-state index in [1.165, 1.54) is 5.56 Å². The van der Waals surface area contributed by atoms with E-state index in [4.69, 9.17) is 0 Å². The minimum absolute atomic E-state index is 0.141. The Morgan fingerprint density at radius 3 is 2.70 bits per heavy atom. The fourth-order valence-electron chi connectivity index (χ4n) is 1.93.